The molecule has 3 aromatic rings. The third-order valence-electron chi connectivity index (χ3n) is 4.87. The van der Waals surface area contributed by atoms with Crippen molar-refractivity contribution in [3.8, 4) is 11.6 Å². The lowest BCUT2D eigenvalue weighted by Crippen LogP contribution is -2.27. The first-order valence-electron chi connectivity index (χ1n) is 9.73. The van der Waals surface area contributed by atoms with Crippen molar-refractivity contribution in [2.45, 2.75) is 19.4 Å². The van der Waals surface area contributed by atoms with E-state index in [4.69, 9.17) is 4.74 Å². The van der Waals surface area contributed by atoms with Crippen molar-refractivity contribution in [2.75, 3.05) is 13.1 Å². The zero-order chi connectivity index (χ0) is 20.9. The lowest BCUT2D eigenvalue weighted by atomic mass is 10.2. The maximum absolute atomic E-state index is 13.4. The van der Waals surface area contributed by atoms with Crippen LogP contribution < -0.4 is 10.1 Å². The molecule has 1 saturated heterocycles. The van der Waals surface area contributed by atoms with Crippen LogP contribution in [0.2, 0.25) is 0 Å². The monoisotopic (exact) mass is 408 g/mol. The van der Waals surface area contributed by atoms with Gasteiger partial charge in [-0.15, -0.1) is 0 Å². The number of carbonyl (C=O) groups excluding carboxylic acids is 2. The highest BCUT2D eigenvalue weighted by Crippen LogP contribution is 2.23. The van der Waals surface area contributed by atoms with E-state index in [2.05, 4.69) is 15.3 Å². The minimum Gasteiger partial charge on any atom is -0.439 e. The zero-order valence-corrected chi connectivity index (χ0v) is 16.2. The molecule has 0 atom stereocenters. The number of H-pyrrole nitrogens is 1. The number of pyridine rings is 1. The number of ether oxygens (including phenoxy) is 1. The van der Waals surface area contributed by atoms with Gasteiger partial charge in [0.2, 0.25) is 5.88 Å². The van der Waals surface area contributed by atoms with E-state index in [0.717, 1.165) is 25.9 Å². The van der Waals surface area contributed by atoms with Crippen LogP contribution >= 0.6 is 0 Å². The van der Waals surface area contributed by atoms with Gasteiger partial charge in [-0.1, -0.05) is 12.1 Å². The number of nitrogens with one attached hydrogen (secondary N) is 2. The molecule has 4 rings (SSSR count). The number of hydrogen-bond donors (Lipinski definition) is 2. The van der Waals surface area contributed by atoms with Crippen molar-refractivity contribution in [1.29, 1.82) is 0 Å². The van der Waals surface area contributed by atoms with Crippen LogP contribution in [0.4, 0.5) is 4.39 Å². The molecule has 8 heteroatoms. The number of hydrogen-bond acceptors (Lipinski definition) is 4. The van der Waals surface area contributed by atoms with E-state index in [1.807, 2.05) is 0 Å². The molecule has 0 spiro atoms. The maximum atomic E-state index is 13.4. The topological polar surface area (TPSA) is 87.3 Å². The Morgan fingerprint density at radius 3 is 2.80 bits per heavy atom. The van der Waals surface area contributed by atoms with Crippen molar-refractivity contribution in [3.05, 3.63) is 77.5 Å². The average molecular weight is 408 g/mol. The molecule has 30 heavy (non-hydrogen) atoms. The summed E-state index contributed by atoms with van der Waals surface area (Å²) in [6.07, 6.45) is 5.09. The van der Waals surface area contributed by atoms with Crippen LogP contribution in [-0.2, 0) is 6.54 Å². The molecule has 0 saturated carbocycles. The number of carbonyl (C=O) groups is 2. The molecule has 154 valence electrons. The van der Waals surface area contributed by atoms with Gasteiger partial charge in [-0.05, 0) is 37.1 Å². The quantitative estimate of drug-likeness (QED) is 0.654. The lowest BCUT2D eigenvalue weighted by Gasteiger charge is -2.13. The van der Waals surface area contributed by atoms with Gasteiger partial charge in [-0.25, -0.2) is 9.37 Å². The van der Waals surface area contributed by atoms with Crippen molar-refractivity contribution in [3.63, 3.8) is 0 Å². The molecule has 2 N–H and O–H groups in total. The molecular formula is C22H21FN4O3. The van der Waals surface area contributed by atoms with Gasteiger partial charge < -0.3 is 19.9 Å². The molecule has 0 unspecified atom stereocenters. The van der Waals surface area contributed by atoms with E-state index in [9.17, 15) is 14.0 Å². The Morgan fingerprint density at radius 1 is 1.17 bits per heavy atom. The SMILES string of the molecule is O=C(NCc1cccnc1Oc1cccc(F)c1)c1c[nH]c(C(=O)N2CCCC2)c1. The maximum Gasteiger partial charge on any atom is 0.270 e. The van der Waals surface area contributed by atoms with Crippen molar-refractivity contribution in [2.24, 2.45) is 0 Å². The summed E-state index contributed by atoms with van der Waals surface area (Å²) in [6.45, 7) is 1.65. The third-order valence-corrected chi connectivity index (χ3v) is 4.87. The molecule has 1 fully saturated rings. The van der Waals surface area contributed by atoms with Crippen LogP contribution in [0.1, 0.15) is 39.3 Å². The number of aromatic nitrogens is 2. The second-order valence-corrected chi connectivity index (χ2v) is 7.01. The molecule has 0 radical (unpaired) electrons. The van der Waals surface area contributed by atoms with Crippen LogP contribution in [0.5, 0.6) is 11.6 Å². The average Bonchev–Trinajstić information content (AvgIpc) is 3.45. The summed E-state index contributed by atoms with van der Waals surface area (Å²) < 4.78 is 19.0. The number of amides is 2. The highest BCUT2D eigenvalue weighted by Gasteiger charge is 2.21. The van der Waals surface area contributed by atoms with E-state index in [0.29, 0.717) is 22.6 Å². The molecular weight excluding hydrogens is 387 g/mol. The van der Waals surface area contributed by atoms with Gasteiger partial charge in [0.15, 0.2) is 0 Å². The van der Waals surface area contributed by atoms with Crippen LogP contribution in [-0.4, -0.2) is 39.8 Å². The van der Waals surface area contributed by atoms with E-state index in [1.165, 1.54) is 18.3 Å². The number of nitrogens with zero attached hydrogens (tertiary/aromatic N) is 2. The Labute approximate surface area is 172 Å². The van der Waals surface area contributed by atoms with Gasteiger partial charge in [0, 0.05) is 43.7 Å². The first-order valence-corrected chi connectivity index (χ1v) is 9.73. The predicted octanol–water partition coefficient (Wildman–Crippen LogP) is 3.51. The molecule has 1 aliphatic rings. The van der Waals surface area contributed by atoms with Gasteiger partial charge in [0.1, 0.15) is 17.3 Å². The number of benzene rings is 1. The first-order chi connectivity index (χ1) is 14.6. The summed E-state index contributed by atoms with van der Waals surface area (Å²) in [5.41, 5.74) is 1.41. The van der Waals surface area contributed by atoms with Gasteiger partial charge >= 0.3 is 0 Å². The number of rotatable bonds is 6. The predicted molar refractivity (Wildman–Crippen MR) is 108 cm³/mol. The van der Waals surface area contributed by atoms with Gasteiger partial charge in [0.05, 0.1) is 5.56 Å². The van der Waals surface area contributed by atoms with Crippen LogP contribution in [0, 0.1) is 5.82 Å². The van der Waals surface area contributed by atoms with E-state index in [-0.39, 0.29) is 24.2 Å². The molecule has 0 bridgehead atoms. The number of likely N-dealkylation sites (tertiary alicyclic amines) is 1. The van der Waals surface area contributed by atoms with Gasteiger partial charge in [0.25, 0.3) is 11.8 Å². The standard InChI is InChI=1S/C22H21FN4O3/c23-17-6-3-7-18(12-17)30-21-15(5-4-8-24-21)13-26-20(28)16-11-19(25-14-16)22(29)27-9-1-2-10-27/h3-8,11-12,14,25H,1-2,9-10,13H2,(H,26,28). The Kier molecular flexibility index (Phi) is 5.74. The Balaban J connectivity index is 1.40. The van der Waals surface area contributed by atoms with Crippen molar-refractivity contribution in [1.82, 2.24) is 20.2 Å². The van der Waals surface area contributed by atoms with Gasteiger partial charge in [-0.3, -0.25) is 9.59 Å². The normalized spacial score (nSPS) is 13.3. The zero-order valence-electron chi connectivity index (χ0n) is 16.2. The Morgan fingerprint density at radius 2 is 2.00 bits per heavy atom. The first kappa shape index (κ1) is 19.6. The minimum absolute atomic E-state index is 0.0930. The summed E-state index contributed by atoms with van der Waals surface area (Å²) in [7, 11) is 0. The highest BCUT2D eigenvalue weighted by molar-refractivity contribution is 5.99. The van der Waals surface area contributed by atoms with Crippen molar-refractivity contribution >= 4 is 11.8 Å². The van der Waals surface area contributed by atoms with Crippen LogP contribution in [0.3, 0.4) is 0 Å². The second kappa shape index (κ2) is 8.77. The molecule has 2 aromatic heterocycles. The molecule has 3 heterocycles. The fraction of sp³-hybridized carbons (Fsp3) is 0.227. The lowest BCUT2D eigenvalue weighted by molar-refractivity contribution is 0.0787. The molecule has 7 nitrogen and oxygen atoms in total. The summed E-state index contributed by atoms with van der Waals surface area (Å²) in [6, 6.07) is 10.8. The second-order valence-electron chi connectivity index (χ2n) is 7.01. The molecule has 0 aliphatic carbocycles. The van der Waals surface area contributed by atoms with E-state index >= 15 is 0 Å². The smallest absolute Gasteiger partial charge is 0.270 e. The van der Waals surface area contributed by atoms with Crippen LogP contribution in [0.15, 0.2) is 54.9 Å². The fourth-order valence-electron chi connectivity index (χ4n) is 3.31. The van der Waals surface area contributed by atoms with Crippen molar-refractivity contribution < 1.29 is 18.7 Å². The molecule has 1 aromatic carbocycles. The Hall–Kier alpha value is -3.68. The summed E-state index contributed by atoms with van der Waals surface area (Å²) in [5, 5.41) is 2.80. The third kappa shape index (κ3) is 4.48. The van der Waals surface area contributed by atoms with E-state index in [1.54, 1.807) is 41.4 Å². The summed E-state index contributed by atoms with van der Waals surface area (Å²) in [5.74, 6) is -0.235. The largest absolute Gasteiger partial charge is 0.439 e. The molecule has 2 amide bonds. The van der Waals surface area contributed by atoms with Gasteiger partial charge in [-0.2, -0.15) is 0 Å². The summed E-state index contributed by atoms with van der Waals surface area (Å²) in [4.78, 5) is 33.8. The fourth-order valence-corrected chi connectivity index (χ4v) is 3.31. The van der Waals surface area contributed by atoms with E-state index < -0.39 is 5.82 Å². The van der Waals surface area contributed by atoms with Crippen LogP contribution in [0.25, 0.3) is 0 Å². The summed E-state index contributed by atoms with van der Waals surface area (Å²) >= 11 is 0. The highest BCUT2D eigenvalue weighted by atomic mass is 19.1. The number of halogens is 1. The Bertz CT molecular complexity index is 1060. The number of aromatic amines is 1. The minimum atomic E-state index is -0.412. The molecule has 1 aliphatic heterocycles.